The summed E-state index contributed by atoms with van der Waals surface area (Å²) in [7, 11) is 4.32. The third kappa shape index (κ3) is 3.67. The highest BCUT2D eigenvalue weighted by atomic mass is 16.5. The first-order chi connectivity index (χ1) is 12.5. The van der Waals surface area contributed by atoms with Crippen molar-refractivity contribution in [3.8, 4) is 0 Å². The zero-order valence-electron chi connectivity index (χ0n) is 15.8. The molecule has 0 radical (unpaired) electrons. The molecule has 4 saturated heterocycles. The van der Waals surface area contributed by atoms with E-state index < -0.39 is 11.9 Å². The minimum absolute atomic E-state index is 0.0265. The smallest absolute Gasteiger partial charge is 0.331 e. The Morgan fingerprint density at radius 1 is 0.692 bits per heavy atom. The van der Waals surface area contributed by atoms with E-state index in [4.69, 9.17) is 9.47 Å². The van der Waals surface area contributed by atoms with Gasteiger partial charge < -0.3 is 19.3 Å². The number of carbonyl (C=O) groups is 2. The number of hydrogen-bond acceptors (Lipinski definition) is 6. The number of carbonyl (C=O) groups excluding carboxylic acids is 2. The van der Waals surface area contributed by atoms with Crippen LogP contribution in [-0.4, -0.2) is 72.2 Å². The Morgan fingerprint density at radius 3 is 1.31 bits per heavy atom. The van der Waals surface area contributed by atoms with Gasteiger partial charge in [-0.2, -0.15) is 0 Å². The van der Waals surface area contributed by atoms with Crippen LogP contribution in [0.15, 0.2) is 12.2 Å². The summed E-state index contributed by atoms with van der Waals surface area (Å²) in [5, 5.41) is 0. The predicted octanol–water partition coefficient (Wildman–Crippen LogP) is 1.88. The number of fused-ring (bicyclic) bond motifs is 4. The number of ether oxygens (including phenoxy) is 2. The predicted molar refractivity (Wildman–Crippen MR) is 96.5 cm³/mol. The maximum absolute atomic E-state index is 12.0. The van der Waals surface area contributed by atoms with Crippen molar-refractivity contribution >= 4 is 11.9 Å². The Kier molecular flexibility index (Phi) is 5.06. The van der Waals surface area contributed by atoms with Crippen LogP contribution >= 0.6 is 0 Å². The van der Waals surface area contributed by atoms with Crippen molar-refractivity contribution in [2.45, 2.75) is 87.7 Å². The van der Waals surface area contributed by atoms with E-state index >= 15 is 0 Å². The van der Waals surface area contributed by atoms with Crippen LogP contribution in [0.1, 0.15) is 51.4 Å². The van der Waals surface area contributed by atoms with E-state index in [0.29, 0.717) is 24.2 Å². The molecule has 0 spiro atoms. The molecular weight excluding hydrogens is 332 g/mol. The summed E-state index contributed by atoms with van der Waals surface area (Å²) < 4.78 is 11.1. The lowest BCUT2D eigenvalue weighted by Gasteiger charge is -2.35. The van der Waals surface area contributed by atoms with Crippen LogP contribution in [0.2, 0.25) is 0 Å². The van der Waals surface area contributed by atoms with Crippen molar-refractivity contribution in [3.05, 3.63) is 12.2 Å². The Morgan fingerprint density at radius 2 is 1.00 bits per heavy atom. The lowest BCUT2D eigenvalue weighted by molar-refractivity contribution is -0.149. The van der Waals surface area contributed by atoms with E-state index in [2.05, 4.69) is 23.9 Å². The van der Waals surface area contributed by atoms with Gasteiger partial charge in [0.05, 0.1) is 0 Å². The molecule has 4 heterocycles. The fourth-order valence-electron chi connectivity index (χ4n) is 5.46. The standard InChI is InChI=1S/C20H30N2O4/c1-21-13-3-4-14(21)10-17(9-13)25-19(23)7-8-20(24)26-18-11-15-5-6-16(12-18)22(15)2/h7-8,13-18H,3-6,9-12H2,1-2H3/b8-7+/t13-,14-,15+,16+. The summed E-state index contributed by atoms with van der Waals surface area (Å²) in [5.41, 5.74) is 0. The maximum atomic E-state index is 12.0. The first-order valence-corrected chi connectivity index (χ1v) is 10.0. The van der Waals surface area contributed by atoms with Crippen molar-refractivity contribution in [1.82, 2.24) is 9.80 Å². The number of nitrogens with zero attached hydrogens (tertiary/aromatic N) is 2. The lowest BCUT2D eigenvalue weighted by atomic mass is 10.0. The van der Waals surface area contributed by atoms with Crippen molar-refractivity contribution in [2.75, 3.05) is 14.1 Å². The number of rotatable bonds is 4. The Bertz CT molecular complexity index is 514. The average molecular weight is 362 g/mol. The minimum atomic E-state index is -0.431. The monoisotopic (exact) mass is 362 g/mol. The van der Waals surface area contributed by atoms with Gasteiger partial charge in [0.1, 0.15) is 12.2 Å². The normalized spacial score (nSPS) is 40.1. The number of esters is 2. The molecule has 0 unspecified atom stereocenters. The van der Waals surface area contributed by atoms with Crippen molar-refractivity contribution in [2.24, 2.45) is 0 Å². The van der Waals surface area contributed by atoms with E-state index in [1.807, 2.05) is 0 Å². The summed E-state index contributed by atoms with van der Waals surface area (Å²) >= 11 is 0. The van der Waals surface area contributed by atoms with Crippen LogP contribution in [0, 0.1) is 0 Å². The Labute approximate surface area is 155 Å². The van der Waals surface area contributed by atoms with Crippen LogP contribution in [0.25, 0.3) is 0 Å². The van der Waals surface area contributed by atoms with Gasteiger partial charge in [-0.1, -0.05) is 0 Å². The molecule has 26 heavy (non-hydrogen) atoms. The zero-order valence-corrected chi connectivity index (χ0v) is 15.8. The largest absolute Gasteiger partial charge is 0.459 e. The Balaban J connectivity index is 1.22. The van der Waals surface area contributed by atoms with Gasteiger partial charge in [-0.3, -0.25) is 0 Å². The van der Waals surface area contributed by atoms with Crippen LogP contribution in [0.5, 0.6) is 0 Å². The van der Waals surface area contributed by atoms with Crippen LogP contribution in [0.4, 0.5) is 0 Å². The molecular formula is C20H30N2O4. The van der Waals surface area contributed by atoms with Gasteiger partial charge in [0.2, 0.25) is 0 Å². The summed E-state index contributed by atoms with van der Waals surface area (Å²) in [6, 6.07) is 2.11. The molecule has 4 aliphatic heterocycles. The molecule has 0 aromatic rings. The van der Waals surface area contributed by atoms with Gasteiger partial charge in [0, 0.05) is 62.0 Å². The molecule has 4 aliphatic rings. The van der Waals surface area contributed by atoms with Crippen LogP contribution in [0.3, 0.4) is 0 Å². The summed E-state index contributed by atoms with van der Waals surface area (Å²) in [6.07, 6.45) is 10.8. The van der Waals surface area contributed by atoms with Gasteiger partial charge in [-0.25, -0.2) is 9.59 Å². The number of piperidine rings is 2. The fraction of sp³-hybridized carbons (Fsp3) is 0.800. The molecule has 4 bridgehead atoms. The third-order valence-electron chi connectivity index (χ3n) is 7.03. The van der Waals surface area contributed by atoms with Crippen molar-refractivity contribution in [1.29, 1.82) is 0 Å². The molecule has 0 aliphatic carbocycles. The first kappa shape index (κ1) is 18.0. The average Bonchev–Trinajstić information content (AvgIpc) is 2.95. The molecule has 6 heteroatoms. The van der Waals surface area contributed by atoms with Gasteiger partial charge in [-0.15, -0.1) is 0 Å². The van der Waals surface area contributed by atoms with Gasteiger partial charge in [0.15, 0.2) is 0 Å². The fourth-order valence-corrected chi connectivity index (χ4v) is 5.46. The highest BCUT2D eigenvalue weighted by Crippen LogP contribution is 2.36. The van der Waals surface area contributed by atoms with E-state index in [-0.39, 0.29) is 12.2 Å². The third-order valence-corrected chi connectivity index (χ3v) is 7.03. The van der Waals surface area contributed by atoms with E-state index in [9.17, 15) is 9.59 Å². The molecule has 0 N–H and O–H groups in total. The zero-order chi connectivity index (χ0) is 18.3. The van der Waals surface area contributed by atoms with E-state index in [1.54, 1.807) is 0 Å². The van der Waals surface area contributed by atoms with Crippen molar-refractivity contribution in [3.63, 3.8) is 0 Å². The molecule has 4 fully saturated rings. The lowest BCUT2D eigenvalue weighted by Crippen LogP contribution is -2.43. The molecule has 0 saturated carbocycles. The second-order valence-electron chi connectivity index (χ2n) is 8.49. The molecule has 0 aromatic heterocycles. The van der Waals surface area contributed by atoms with Gasteiger partial charge in [-0.05, 0) is 39.8 Å². The quantitative estimate of drug-likeness (QED) is 0.562. The van der Waals surface area contributed by atoms with E-state index in [0.717, 1.165) is 25.7 Å². The van der Waals surface area contributed by atoms with Crippen LogP contribution < -0.4 is 0 Å². The Hall–Kier alpha value is -1.40. The van der Waals surface area contributed by atoms with Crippen molar-refractivity contribution < 1.29 is 19.1 Å². The molecule has 4 rings (SSSR count). The summed E-state index contributed by atoms with van der Waals surface area (Å²) in [6.45, 7) is 0. The SMILES string of the molecule is CN1[C@@H]2CC[C@@H]1CC(OC(=O)/C=C/C(=O)OC1C[C@@H]3CC[C@@H](C1)N3C)C2. The molecule has 144 valence electrons. The molecule has 6 nitrogen and oxygen atoms in total. The number of hydrogen-bond donors (Lipinski definition) is 0. The first-order valence-electron chi connectivity index (χ1n) is 10.0. The molecule has 0 aromatic carbocycles. The second kappa shape index (κ2) is 7.31. The second-order valence-corrected chi connectivity index (χ2v) is 8.49. The summed E-state index contributed by atoms with van der Waals surface area (Å²) in [4.78, 5) is 28.9. The van der Waals surface area contributed by atoms with Crippen LogP contribution in [-0.2, 0) is 19.1 Å². The molecule has 0 amide bonds. The molecule has 4 atom stereocenters. The van der Waals surface area contributed by atoms with E-state index in [1.165, 1.54) is 37.8 Å². The van der Waals surface area contributed by atoms with Gasteiger partial charge >= 0.3 is 11.9 Å². The summed E-state index contributed by atoms with van der Waals surface area (Å²) in [5.74, 6) is -0.862. The topological polar surface area (TPSA) is 59.1 Å². The highest BCUT2D eigenvalue weighted by molar-refractivity contribution is 5.91. The van der Waals surface area contributed by atoms with Gasteiger partial charge in [0.25, 0.3) is 0 Å². The maximum Gasteiger partial charge on any atom is 0.331 e. The highest BCUT2D eigenvalue weighted by Gasteiger charge is 2.40. The minimum Gasteiger partial charge on any atom is -0.459 e.